The Kier molecular flexibility index (Phi) is 5.51. The molecule has 144 valence electrons. The van der Waals surface area contributed by atoms with E-state index in [1.807, 2.05) is 18.2 Å². The summed E-state index contributed by atoms with van der Waals surface area (Å²) < 4.78 is 28.9. The number of rotatable bonds is 5. The molecule has 0 aromatic heterocycles. The average Bonchev–Trinajstić information content (AvgIpc) is 3.08. The maximum atomic E-state index is 14.7. The number of halogens is 2. The van der Waals surface area contributed by atoms with Crippen molar-refractivity contribution in [2.45, 2.75) is 26.2 Å². The van der Waals surface area contributed by atoms with E-state index in [0.717, 1.165) is 19.6 Å². The Morgan fingerprint density at radius 1 is 0.750 bits per heavy atom. The van der Waals surface area contributed by atoms with Crippen LogP contribution in [-0.4, -0.2) is 22.9 Å². The van der Waals surface area contributed by atoms with Crippen LogP contribution in [0.2, 0.25) is 0 Å². The summed E-state index contributed by atoms with van der Waals surface area (Å²) in [6, 6.07) is 22.2. The predicted octanol–water partition coefficient (Wildman–Crippen LogP) is 5.29. The van der Waals surface area contributed by atoms with Crippen LogP contribution in [0.1, 0.15) is 28.4 Å². The van der Waals surface area contributed by atoms with Gasteiger partial charge in [0.05, 0.1) is 6.17 Å². The molecule has 0 aliphatic carbocycles. The van der Waals surface area contributed by atoms with Crippen LogP contribution in [0, 0.1) is 18.6 Å². The molecule has 3 aromatic carbocycles. The summed E-state index contributed by atoms with van der Waals surface area (Å²) in [6.45, 7) is 4.82. The van der Waals surface area contributed by atoms with Gasteiger partial charge in [-0.25, -0.2) is 8.78 Å². The van der Waals surface area contributed by atoms with E-state index in [4.69, 9.17) is 0 Å². The van der Waals surface area contributed by atoms with Crippen LogP contribution >= 0.6 is 0 Å². The number of hydrogen-bond donors (Lipinski definition) is 0. The quantitative estimate of drug-likeness (QED) is 0.595. The molecule has 2 nitrogen and oxygen atoms in total. The highest BCUT2D eigenvalue weighted by Crippen LogP contribution is 2.34. The van der Waals surface area contributed by atoms with Crippen molar-refractivity contribution in [3.63, 3.8) is 0 Å². The Bertz CT molecular complexity index is 939. The molecule has 0 radical (unpaired) electrons. The van der Waals surface area contributed by atoms with Crippen LogP contribution in [0.25, 0.3) is 0 Å². The average molecular weight is 378 g/mol. The van der Waals surface area contributed by atoms with Gasteiger partial charge < -0.3 is 0 Å². The smallest absolute Gasteiger partial charge is 0.129 e. The first-order valence-electron chi connectivity index (χ1n) is 9.63. The second kappa shape index (κ2) is 8.21. The summed E-state index contributed by atoms with van der Waals surface area (Å²) in [5, 5.41) is 0. The fraction of sp³-hybridized carbons (Fsp3) is 0.250. The molecule has 0 N–H and O–H groups in total. The normalized spacial score (nSPS) is 17.9. The van der Waals surface area contributed by atoms with Crippen LogP contribution in [0.15, 0.2) is 72.8 Å². The molecule has 0 bridgehead atoms. The fourth-order valence-electron chi connectivity index (χ4n) is 3.91. The topological polar surface area (TPSA) is 6.48 Å². The highest BCUT2D eigenvalue weighted by atomic mass is 19.1. The Balaban J connectivity index is 1.64. The zero-order chi connectivity index (χ0) is 19.5. The zero-order valence-corrected chi connectivity index (χ0v) is 16.0. The van der Waals surface area contributed by atoms with Gasteiger partial charge >= 0.3 is 0 Å². The monoisotopic (exact) mass is 378 g/mol. The van der Waals surface area contributed by atoms with E-state index in [0.29, 0.717) is 17.7 Å². The lowest BCUT2D eigenvalue weighted by Gasteiger charge is -2.31. The van der Waals surface area contributed by atoms with Crippen molar-refractivity contribution < 1.29 is 8.78 Å². The summed E-state index contributed by atoms with van der Waals surface area (Å²) in [5.41, 5.74) is 3.70. The van der Waals surface area contributed by atoms with Crippen molar-refractivity contribution in [2.24, 2.45) is 0 Å². The molecule has 0 saturated carbocycles. The van der Waals surface area contributed by atoms with Gasteiger partial charge in [0.1, 0.15) is 11.6 Å². The molecule has 1 aliphatic heterocycles. The summed E-state index contributed by atoms with van der Waals surface area (Å²) in [4.78, 5) is 4.43. The van der Waals surface area contributed by atoms with E-state index in [9.17, 15) is 8.78 Å². The molecule has 0 unspecified atom stereocenters. The third kappa shape index (κ3) is 3.98. The molecule has 1 saturated heterocycles. The van der Waals surface area contributed by atoms with E-state index in [1.165, 1.54) is 23.3 Å². The molecule has 0 spiro atoms. The van der Waals surface area contributed by atoms with Gasteiger partial charge in [0.25, 0.3) is 0 Å². The van der Waals surface area contributed by atoms with Gasteiger partial charge in [-0.3, -0.25) is 9.80 Å². The maximum Gasteiger partial charge on any atom is 0.129 e. The minimum absolute atomic E-state index is 0.216. The molecular weight excluding hydrogens is 354 g/mol. The SMILES string of the molecule is Cc1ccc(CN2CCN(Cc3ccccc3F)[C@H]2c2ccccc2F)cc1. The minimum Gasteiger partial charge on any atom is -0.278 e. The number of aryl methyl sites for hydroxylation is 1. The standard InChI is InChI=1S/C24H24F2N2/c1-18-10-12-19(13-11-18)16-27-14-15-28(17-20-6-2-4-8-22(20)25)24(27)21-7-3-5-9-23(21)26/h2-13,24H,14-17H2,1H3/t24-/m0/s1. The zero-order valence-electron chi connectivity index (χ0n) is 16.0. The Labute approximate surface area is 165 Å². The first-order valence-corrected chi connectivity index (χ1v) is 9.63. The molecule has 3 aromatic rings. The molecule has 4 heteroatoms. The van der Waals surface area contributed by atoms with Gasteiger partial charge in [0, 0.05) is 37.3 Å². The molecule has 1 heterocycles. The second-order valence-electron chi connectivity index (χ2n) is 7.41. The van der Waals surface area contributed by atoms with Crippen molar-refractivity contribution in [1.82, 2.24) is 9.80 Å². The lowest BCUT2D eigenvalue weighted by molar-refractivity contribution is 0.121. The fourth-order valence-corrected chi connectivity index (χ4v) is 3.91. The van der Waals surface area contributed by atoms with Gasteiger partial charge in [0.2, 0.25) is 0 Å². The molecule has 4 rings (SSSR count). The van der Waals surface area contributed by atoms with E-state index in [-0.39, 0.29) is 17.8 Å². The molecule has 28 heavy (non-hydrogen) atoms. The van der Waals surface area contributed by atoms with Crippen LogP contribution < -0.4 is 0 Å². The predicted molar refractivity (Wildman–Crippen MR) is 108 cm³/mol. The number of hydrogen-bond acceptors (Lipinski definition) is 2. The lowest BCUT2D eigenvalue weighted by Crippen LogP contribution is -2.31. The van der Waals surface area contributed by atoms with Gasteiger partial charge in [0.15, 0.2) is 0 Å². The molecular formula is C24H24F2N2. The molecule has 1 atom stereocenters. The van der Waals surface area contributed by atoms with Gasteiger partial charge in [-0.2, -0.15) is 0 Å². The van der Waals surface area contributed by atoms with Crippen molar-refractivity contribution >= 4 is 0 Å². The Morgan fingerprint density at radius 2 is 1.36 bits per heavy atom. The van der Waals surface area contributed by atoms with Crippen molar-refractivity contribution in [3.8, 4) is 0 Å². The van der Waals surface area contributed by atoms with E-state index >= 15 is 0 Å². The summed E-state index contributed by atoms with van der Waals surface area (Å²) >= 11 is 0. The third-order valence-corrected chi connectivity index (χ3v) is 5.39. The van der Waals surface area contributed by atoms with Crippen LogP contribution in [0.5, 0.6) is 0 Å². The highest BCUT2D eigenvalue weighted by molar-refractivity contribution is 5.25. The second-order valence-corrected chi connectivity index (χ2v) is 7.41. The largest absolute Gasteiger partial charge is 0.278 e. The van der Waals surface area contributed by atoms with E-state index in [2.05, 4.69) is 41.0 Å². The third-order valence-electron chi connectivity index (χ3n) is 5.39. The summed E-state index contributed by atoms with van der Waals surface area (Å²) in [6.07, 6.45) is -0.220. The van der Waals surface area contributed by atoms with Crippen LogP contribution in [0.4, 0.5) is 8.78 Å². The van der Waals surface area contributed by atoms with Crippen LogP contribution in [0.3, 0.4) is 0 Å². The highest BCUT2D eigenvalue weighted by Gasteiger charge is 2.35. The Morgan fingerprint density at radius 3 is 2.04 bits per heavy atom. The lowest BCUT2D eigenvalue weighted by atomic mass is 10.1. The van der Waals surface area contributed by atoms with Crippen molar-refractivity contribution in [1.29, 1.82) is 0 Å². The number of nitrogens with zero attached hydrogens (tertiary/aromatic N) is 2. The summed E-state index contributed by atoms with van der Waals surface area (Å²) in [7, 11) is 0. The number of benzene rings is 3. The Hall–Kier alpha value is -2.56. The van der Waals surface area contributed by atoms with Crippen molar-refractivity contribution in [2.75, 3.05) is 13.1 Å². The van der Waals surface area contributed by atoms with Crippen molar-refractivity contribution in [3.05, 3.63) is 107 Å². The molecule has 0 amide bonds. The van der Waals surface area contributed by atoms with Gasteiger partial charge in [-0.15, -0.1) is 0 Å². The molecule has 1 fully saturated rings. The maximum absolute atomic E-state index is 14.7. The molecule has 1 aliphatic rings. The first-order chi connectivity index (χ1) is 13.6. The van der Waals surface area contributed by atoms with Gasteiger partial charge in [-0.1, -0.05) is 66.2 Å². The van der Waals surface area contributed by atoms with Crippen LogP contribution in [-0.2, 0) is 13.1 Å². The van der Waals surface area contributed by atoms with E-state index < -0.39 is 0 Å². The van der Waals surface area contributed by atoms with Gasteiger partial charge in [-0.05, 0) is 24.6 Å². The minimum atomic E-state index is -0.221. The summed E-state index contributed by atoms with van der Waals surface area (Å²) in [5.74, 6) is -0.436. The van der Waals surface area contributed by atoms with E-state index in [1.54, 1.807) is 18.2 Å². The first kappa shape index (κ1) is 18.8.